The highest BCUT2D eigenvalue weighted by Gasteiger charge is 2.14. The molecule has 0 fully saturated rings. The average Bonchev–Trinajstić information content (AvgIpc) is 3.22. The molecule has 3 rings (SSSR count). The predicted molar refractivity (Wildman–Crippen MR) is 95.9 cm³/mol. The van der Waals surface area contributed by atoms with Gasteiger partial charge < -0.3 is 9.84 Å². The van der Waals surface area contributed by atoms with E-state index in [2.05, 4.69) is 15.2 Å². The molecule has 130 valence electrons. The highest BCUT2D eigenvalue weighted by molar-refractivity contribution is 7.92. The van der Waals surface area contributed by atoms with Crippen molar-refractivity contribution in [2.75, 3.05) is 11.0 Å². The molecule has 0 saturated heterocycles. The van der Waals surface area contributed by atoms with Gasteiger partial charge in [-0.3, -0.25) is 9.52 Å². The van der Waals surface area contributed by atoms with Crippen molar-refractivity contribution < 1.29 is 17.7 Å². The molecular weight excluding hydrogens is 362 g/mol. The number of benzene rings is 1. The maximum Gasteiger partial charge on any atom is 0.273 e. The summed E-state index contributed by atoms with van der Waals surface area (Å²) in [5.74, 6) is 0.174. The van der Waals surface area contributed by atoms with Crippen LogP contribution in [0.2, 0.25) is 0 Å². The lowest BCUT2D eigenvalue weighted by Crippen LogP contribution is -2.23. The Kier molecular flexibility index (Phi) is 4.86. The molecule has 0 bridgehead atoms. The van der Waals surface area contributed by atoms with Gasteiger partial charge in [-0.1, -0.05) is 23.4 Å². The molecule has 0 radical (unpaired) electrons. The zero-order valence-corrected chi connectivity index (χ0v) is 14.9. The number of carbonyl (C=O) groups excluding carboxylic acids is 1. The van der Waals surface area contributed by atoms with E-state index in [0.29, 0.717) is 11.4 Å². The van der Waals surface area contributed by atoms with Crippen molar-refractivity contribution in [3.63, 3.8) is 0 Å². The number of hydrogen-bond acceptors (Lipinski definition) is 6. The third-order valence-electron chi connectivity index (χ3n) is 3.19. The van der Waals surface area contributed by atoms with E-state index in [1.54, 1.807) is 30.3 Å². The monoisotopic (exact) mass is 377 g/mol. The normalized spacial score (nSPS) is 11.2. The van der Waals surface area contributed by atoms with Crippen molar-refractivity contribution in [2.24, 2.45) is 0 Å². The molecular formula is C16H15N3O4S2. The fourth-order valence-electron chi connectivity index (χ4n) is 2.15. The Hall–Kier alpha value is -2.65. The molecule has 7 nitrogen and oxygen atoms in total. The van der Waals surface area contributed by atoms with E-state index in [1.165, 1.54) is 11.3 Å². The fourth-order valence-corrected chi connectivity index (χ4v) is 3.38. The Morgan fingerprint density at radius 1 is 1.24 bits per heavy atom. The van der Waals surface area contributed by atoms with Crippen LogP contribution in [-0.2, 0) is 16.6 Å². The Morgan fingerprint density at radius 2 is 2.08 bits per heavy atom. The van der Waals surface area contributed by atoms with Gasteiger partial charge in [0, 0.05) is 18.3 Å². The molecule has 0 saturated carbocycles. The first-order valence-corrected chi connectivity index (χ1v) is 10.0. The highest BCUT2D eigenvalue weighted by atomic mass is 32.2. The van der Waals surface area contributed by atoms with Crippen molar-refractivity contribution >= 4 is 33.0 Å². The average molecular weight is 377 g/mol. The summed E-state index contributed by atoms with van der Waals surface area (Å²) < 4.78 is 30.1. The minimum absolute atomic E-state index is 0.189. The van der Waals surface area contributed by atoms with Gasteiger partial charge in [0.05, 0.1) is 11.1 Å². The molecule has 0 unspecified atom stereocenters. The van der Waals surface area contributed by atoms with Gasteiger partial charge in [-0.05, 0) is 29.1 Å². The fraction of sp³-hybridized carbons (Fsp3) is 0.125. The number of nitrogens with one attached hydrogen (secondary N) is 2. The topological polar surface area (TPSA) is 101 Å². The number of rotatable bonds is 6. The molecule has 0 aliphatic carbocycles. The van der Waals surface area contributed by atoms with Crippen LogP contribution in [0.5, 0.6) is 0 Å². The molecule has 0 atom stereocenters. The van der Waals surface area contributed by atoms with Crippen LogP contribution < -0.4 is 10.0 Å². The van der Waals surface area contributed by atoms with Gasteiger partial charge in [0.2, 0.25) is 10.0 Å². The largest absolute Gasteiger partial charge is 0.355 e. The summed E-state index contributed by atoms with van der Waals surface area (Å²) in [5, 5.41) is 8.42. The molecule has 3 aromatic rings. The van der Waals surface area contributed by atoms with E-state index in [4.69, 9.17) is 4.52 Å². The number of hydrogen-bond donors (Lipinski definition) is 2. The molecule has 0 aliphatic heterocycles. The second-order valence-electron chi connectivity index (χ2n) is 5.31. The van der Waals surface area contributed by atoms with Gasteiger partial charge in [0.25, 0.3) is 5.91 Å². The van der Waals surface area contributed by atoms with Crippen molar-refractivity contribution in [2.45, 2.75) is 6.54 Å². The van der Waals surface area contributed by atoms with Crippen LogP contribution in [0.1, 0.15) is 16.1 Å². The third-order valence-corrected chi connectivity index (χ3v) is 4.68. The number of sulfonamides is 1. The van der Waals surface area contributed by atoms with E-state index in [0.717, 1.165) is 16.7 Å². The second-order valence-corrected chi connectivity index (χ2v) is 8.01. The van der Waals surface area contributed by atoms with Crippen molar-refractivity contribution in [1.29, 1.82) is 0 Å². The van der Waals surface area contributed by atoms with Crippen LogP contribution >= 0.6 is 11.3 Å². The lowest BCUT2D eigenvalue weighted by Gasteiger charge is -2.07. The van der Waals surface area contributed by atoms with Crippen LogP contribution in [-0.4, -0.2) is 25.7 Å². The van der Waals surface area contributed by atoms with Crippen molar-refractivity contribution in [1.82, 2.24) is 10.5 Å². The van der Waals surface area contributed by atoms with E-state index in [-0.39, 0.29) is 18.1 Å². The summed E-state index contributed by atoms with van der Waals surface area (Å²) in [5.41, 5.74) is 1.38. The van der Waals surface area contributed by atoms with Crippen molar-refractivity contribution in [3.05, 3.63) is 59.1 Å². The van der Waals surface area contributed by atoms with Crippen LogP contribution in [0.3, 0.4) is 0 Å². The van der Waals surface area contributed by atoms with Crippen LogP contribution in [0.4, 0.5) is 5.69 Å². The SMILES string of the molecule is CS(=O)(=O)Nc1cccc(CNC(=O)c2cc(-c3cccs3)on2)c1. The minimum Gasteiger partial charge on any atom is -0.355 e. The van der Waals surface area contributed by atoms with Gasteiger partial charge in [-0.2, -0.15) is 0 Å². The predicted octanol–water partition coefficient (Wildman–Crippen LogP) is 2.70. The first-order valence-electron chi connectivity index (χ1n) is 7.26. The number of aromatic nitrogens is 1. The van der Waals surface area contributed by atoms with Gasteiger partial charge in [0.1, 0.15) is 0 Å². The number of anilines is 1. The summed E-state index contributed by atoms with van der Waals surface area (Å²) in [6, 6.07) is 12.1. The standard InChI is InChI=1S/C16H15N3O4S2/c1-25(21,22)19-12-5-2-4-11(8-12)10-17-16(20)13-9-14(23-18-13)15-6-3-7-24-15/h2-9,19H,10H2,1H3,(H,17,20). The van der Waals surface area contributed by atoms with Crippen LogP contribution in [0, 0.1) is 0 Å². The zero-order chi connectivity index (χ0) is 17.9. The number of nitrogens with zero attached hydrogens (tertiary/aromatic N) is 1. The van der Waals surface area contributed by atoms with Crippen molar-refractivity contribution in [3.8, 4) is 10.6 Å². The van der Waals surface area contributed by atoms with Gasteiger partial charge >= 0.3 is 0 Å². The van der Waals surface area contributed by atoms with Gasteiger partial charge in [0.15, 0.2) is 11.5 Å². The van der Waals surface area contributed by atoms with E-state index < -0.39 is 10.0 Å². The third kappa shape index (κ3) is 4.68. The Morgan fingerprint density at radius 3 is 2.80 bits per heavy atom. The second kappa shape index (κ2) is 7.08. The maximum atomic E-state index is 12.2. The molecule has 2 aromatic heterocycles. The van der Waals surface area contributed by atoms with E-state index in [9.17, 15) is 13.2 Å². The molecule has 9 heteroatoms. The quantitative estimate of drug-likeness (QED) is 0.688. The first kappa shape index (κ1) is 17.2. The molecule has 0 aliphatic rings. The van der Waals surface area contributed by atoms with E-state index >= 15 is 0 Å². The summed E-state index contributed by atoms with van der Waals surface area (Å²) >= 11 is 1.50. The Balaban J connectivity index is 1.64. The number of carbonyl (C=O) groups is 1. The smallest absolute Gasteiger partial charge is 0.273 e. The number of thiophene rings is 1. The summed E-state index contributed by atoms with van der Waals surface area (Å²) in [6.07, 6.45) is 1.08. The lowest BCUT2D eigenvalue weighted by atomic mass is 10.2. The minimum atomic E-state index is -3.35. The molecule has 0 spiro atoms. The molecule has 2 heterocycles. The van der Waals surface area contributed by atoms with Gasteiger partial charge in [-0.25, -0.2) is 8.42 Å². The summed E-state index contributed by atoms with van der Waals surface area (Å²) in [7, 11) is -3.35. The molecule has 1 amide bonds. The molecule has 2 N–H and O–H groups in total. The zero-order valence-electron chi connectivity index (χ0n) is 13.2. The molecule has 25 heavy (non-hydrogen) atoms. The Bertz CT molecular complexity index is 978. The summed E-state index contributed by atoms with van der Waals surface area (Å²) in [6.45, 7) is 0.235. The number of amides is 1. The first-order chi connectivity index (χ1) is 11.9. The van der Waals surface area contributed by atoms with Crippen LogP contribution in [0.25, 0.3) is 10.6 Å². The highest BCUT2D eigenvalue weighted by Crippen LogP contribution is 2.25. The van der Waals surface area contributed by atoms with Crippen LogP contribution in [0.15, 0.2) is 52.4 Å². The van der Waals surface area contributed by atoms with E-state index in [1.807, 2.05) is 17.5 Å². The lowest BCUT2D eigenvalue weighted by molar-refractivity contribution is 0.0942. The Labute approximate surface area is 148 Å². The summed E-state index contributed by atoms with van der Waals surface area (Å²) in [4.78, 5) is 13.1. The molecule has 1 aromatic carbocycles. The maximum absolute atomic E-state index is 12.2. The van der Waals surface area contributed by atoms with Gasteiger partial charge in [-0.15, -0.1) is 11.3 Å².